The molecule has 0 bridgehead atoms. The lowest BCUT2D eigenvalue weighted by molar-refractivity contribution is -0.119. The van der Waals surface area contributed by atoms with Crippen LogP contribution in [0.5, 0.6) is 0 Å². The number of nitrogens with zero attached hydrogens (tertiary/aromatic N) is 2. The molecule has 1 aromatic rings. The molecule has 1 aliphatic carbocycles. The molecule has 1 aromatic carbocycles. The standard InChI is InChI=1S/C21H21BrF3N3O/c1-4-20(11-6-5-7-12(22)8-11)15-13(9-19(2,3)10-14(15)29)26-18-16(20)17(27-28-18)21(23,24)25/h5-8,18,26H,4,9-10H2,1-3H3/t18?,20-/m0/s1. The molecule has 0 fully saturated rings. The van der Waals surface area contributed by atoms with E-state index in [2.05, 4.69) is 31.5 Å². The Bertz CT molecular complexity index is 993. The number of rotatable bonds is 2. The molecule has 0 aromatic heterocycles. The van der Waals surface area contributed by atoms with Crippen LogP contribution in [0.4, 0.5) is 13.2 Å². The quantitative estimate of drug-likeness (QED) is 0.583. The summed E-state index contributed by atoms with van der Waals surface area (Å²) in [6, 6.07) is 7.17. The number of alkyl halides is 3. The molecule has 1 N–H and O–H groups in total. The molecule has 3 aliphatic rings. The Kier molecular flexibility index (Phi) is 4.57. The highest BCUT2D eigenvalue weighted by molar-refractivity contribution is 9.10. The van der Waals surface area contributed by atoms with Gasteiger partial charge in [0.1, 0.15) is 0 Å². The predicted molar refractivity (Wildman–Crippen MR) is 106 cm³/mol. The van der Waals surface area contributed by atoms with Crippen molar-refractivity contribution in [2.24, 2.45) is 15.6 Å². The number of azo groups is 1. The van der Waals surface area contributed by atoms with E-state index in [9.17, 15) is 18.0 Å². The minimum atomic E-state index is -4.66. The van der Waals surface area contributed by atoms with Crippen LogP contribution in [0.1, 0.15) is 45.6 Å². The van der Waals surface area contributed by atoms with E-state index in [1.165, 1.54) is 0 Å². The Labute approximate surface area is 175 Å². The van der Waals surface area contributed by atoms with Gasteiger partial charge in [-0.1, -0.05) is 48.8 Å². The molecule has 0 saturated heterocycles. The van der Waals surface area contributed by atoms with Crippen molar-refractivity contribution >= 4 is 21.7 Å². The van der Waals surface area contributed by atoms with Crippen LogP contribution in [-0.2, 0) is 10.2 Å². The number of halogens is 4. The first-order valence-electron chi connectivity index (χ1n) is 9.52. The van der Waals surface area contributed by atoms with Gasteiger partial charge in [-0.25, -0.2) is 0 Å². The maximum atomic E-state index is 13.9. The molecule has 2 atom stereocenters. The second kappa shape index (κ2) is 6.52. The Morgan fingerprint density at radius 1 is 1.28 bits per heavy atom. The summed E-state index contributed by atoms with van der Waals surface area (Å²) in [5, 5.41) is 10.6. The number of nitrogens with one attached hydrogen (secondary N) is 1. The first-order valence-corrected chi connectivity index (χ1v) is 10.3. The van der Waals surface area contributed by atoms with Crippen LogP contribution in [0.15, 0.2) is 61.5 Å². The molecule has 4 rings (SSSR count). The largest absolute Gasteiger partial charge is 0.435 e. The van der Waals surface area contributed by atoms with E-state index in [1.54, 1.807) is 18.2 Å². The molecule has 2 heterocycles. The number of carbonyl (C=O) groups excluding carboxylic acids is 1. The summed E-state index contributed by atoms with van der Waals surface area (Å²) in [6.45, 7) is 5.80. The van der Waals surface area contributed by atoms with Crippen molar-refractivity contribution in [2.75, 3.05) is 0 Å². The molecule has 8 heteroatoms. The van der Waals surface area contributed by atoms with Gasteiger partial charge in [0.15, 0.2) is 17.6 Å². The maximum absolute atomic E-state index is 13.9. The van der Waals surface area contributed by atoms with Gasteiger partial charge in [0.25, 0.3) is 0 Å². The van der Waals surface area contributed by atoms with E-state index < -0.39 is 23.5 Å². The summed E-state index contributed by atoms with van der Waals surface area (Å²) in [4.78, 5) is 13.3. The first-order chi connectivity index (χ1) is 13.5. The number of fused-ring (bicyclic) bond motifs is 1. The highest BCUT2D eigenvalue weighted by Gasteiger charge is 2.57. The predicted octanol–water partition coefficient (Wildman–Crippen LogP) is 5.95. The average Bonchev–Trinajstić information content (AvgIpc) is 3.03. The summed E-state index contributed by atoms with van der Waals surface area (Å²) in [5.74, 6) is -0.120. The molecule has 2 aliphatic heterocycles. The zero-order chi connectivity index (χ0) is 21.2. The van der Waals surface area contributed by atoms with Crippen LogP contribution in [0, 0.1) is 5.41 Å². The van der Waals surface area contributed by atoms with Gasteiger partial charge in [0.2, 0.25) is 0 Å². The average molecular weight is 468 g/mol. The molecular weight excluding hydrogens is 447 g/mol. The smallest absolute Gasteiger partial charge is 0.362 e. The van der Waals surface area contributed by atoms with Gasteiger partial charge >= 0.3 is 6.18 Å². The van der Waals surface area contributed by atoms with E-state index in [0.29, 0.717) is 29.7 Å². The molecule has 0 amide bonds. The SMILES string of the molecule is CC[C@]1(c2cccc(Br)c2)C2=C(CC(C)(C)CC2=O)NC2N=NC(C(F)(F)F)=C21. The zero-order valence-corrected chi connectivity index (χ0v) is 17.9. The van der Waals surface area contributed by atoms with E-state index in [0.717, 1.165) is 4.47 Å². The number of hydrogen-bond acceptors (Lipinski definition) is 4. The normalized spacial score (nSPS) is 28.4. The third-order valence-corrected chi connectivity index (χ3v) is 6.48. The number of carbonyl (C=O) groups is 1. The monoisotopic (exact) mass is 467 g/mol. The van der Waals surface area contributed by atoms with Crippen molar-refractivity contribution in [3.8, 4) is 0 Å². The van der Waals surface area contributed by atoms with Gasteiger partial charge in [0.05, 0.1) is 5.41 Å². The molecule has 4 nitrogen and oxygen atoms in total. The summed E-state index contributed by atoms with van der Waals surface area (Å²) in [7, 11) is 0. The van der Waals surface area contributed by atoms with Gasteiger partial charge in [-0.3, -0.25) is 4.79 Å². The van der Waals surface area contributed by atoms with E-state index >= 15 is 0 Å². The number of allylic oxidation sites excluding steroid dienone is 3. The van der Waals surface area contributed by atoms with Crippen LogP contribution in [0.3, 0.4) is 0 Å². The number of benzene rings is 1. The van der Waals surface area contributed by atoms with Gasteiger partial charge < -0.3 is 5.32 Å². The minimum absolute atomic E-state index is 0.0254. The fourth-order valence-corrected chi connectivity index (χ4v) is 5.37. The Morgan fingerprint density at radius 3 is 2.62 bits per heavy atom. The van der Waals surface area contributed by atoms with Crippen molar-refractivity contribution in [3.05, 3.63) is 56.8 Å². The van der Waals surface area contributed by atoms with Gasteiger partial charge in [0, 0.05) is 27.7 Å². The molecule has 29 heavy (non-hydrogen) atoms. The summed E-state index contributed by atoms with van der Waals surface area (Å²) in [5.41, 5.74) is -0.716. The second-order valence-electron chi connectivity index (χ2n) is 8.59. The summed E-state index contributed by atoms with van der Waals surface area (Å²) >= 11 is 3.43. The molecule has 0 radical (unpaired) electrons. The molecule has 1 unspecified atom stereocenters. The van der Waals surface area contributed by atoms with Gasteiger partial charge in [-0.05, 0) is 36.0 Å². The summed E-state index contributed by atoms with van der Waals surface area (Å²) in [6.07, 6.45) is -4.42. The number of Topliss-reactive ketones (excluding diaryl/α,β-unsaturated/α-hetero) is 1. The Morgan fingerprint density at radius 2 is 2.00 bits per heavy atom. The van der Waals surface area contributed by atoms with E-state index in [1.807, 2.05) is 26.8 Å². The third kappa shape index (κ3) is 3.07. The highest BCUT2D eigenvalue weighted by atomic mass is 79.9. The van der Waals surface area contributed by atoms with E-state index in [4.69, 9.17) is 0 Å². The fraction of sp³-hybridized carbons (Fsp3) is 0.476. The van der Waals surface area contributed by atoms with Gasteiger partial charge in [-0.2, -0.15) is 18.3 Å². The van der Waals surface area contributed by atoms with Crippen LogP contribution in [0.25, 0.3) is 0 Å². The topological polar surface area (TPSA) is 53.8 Å². The fourth-order valence-electron chi connectivity index (χ4n) is 4.97. The molecular formula is C21H21BrF3N3O. The van der Waals surface area contributed by atoms with Crippen LogP contribution < -0.4 is 5.32 Å². The van der Waals surface area contributed by atoms with Gasteiger partial charge in [-0.15, -0.1) is 5.11 Å². The van der Waals surface area contributed by atoms with E-state index in [-0.39, 0.29) is 23.2 Å². The zero-order valence-electron chi connectivity index (χ0n) is 16.3. The van der Waals surface area contributed by atoms with Crippen LogP contribution in [-0.4, -0.2) is 18.1 Å². The Balaban J connectivity index is 2.09. The third-order valence-electron chi connectivity index (χ3n) is 5.99. The molecule has 154 valence electrons. The Hall–Kier alpha value is -1.96. The van der Waals surface area contributed by atoms with Crippen molar-refractivity contribution < 1.29 is 18.0 Å². The number of ketones is 1. The van der Waals surface area contributed by atoms with Crippen LogP contribution >= 0.6 is 15.9 Å². The van der Waals surface area contributed by atoms with Crippen LogP contribution in [0.2, 0.25) is 0 Å². The lowest BCUT2D eigenvalue weighted by Crippen LogP contribution is -2.52. The van der Waals surface area contributed by atoms with Crippen molar-refractivity contribution in [1.82, 2.24) is 5.32 Å². The second-order valence-corrected chi connectivity index (χ2v) is 9.50. The van der Waals surface area contributed by atoms with Crippen molar-refractivity contribution in [2.45, 2.75) is 57.8 Å². The molecule has 0 saturated carbocycles. The maximum Gasteiger partial charge on any atom is 0.435 e. The highest BCUT2D eigenvalue weighted by Crippen LogP contribution is 2.56. The minimum Gasteiger partial charge on any atom is -0.362 e. The van der Waals surface area contributed by atoms with Crippen molar-refractivity contribution in [1.29, 1.82) is 0 Å². The lowest BCUT2D eigenvalue weighted by Gasteiger charge is -2.48. The summed E-state index contributed by atoms with van der Waals surface area (Å²) < 4.78 is 42.4. The van der Waals surface area contributed by atoms with Crippen molar-refractivity contribution in [3.63, 3.8) is 0 Å². The molecule has 0 spiro atoms. The number of hydrogen-bond donors (Lipinski definition) is 1. The first kappa shape index (κ1) is 20.3. The lowest BCUT2D eigenvalue weighted by atomic mass is 9.58.